The maximum atomic E-state index is 12.3. The molecule has 0 saturated carbocycles. The van der Waals surface area contributed by atoms with Crippen LogP contribution < -0.4 is 10.6 Å². The van der Waals surface area contributed by atoms with Gasteiger partial charge in [-0.3, -0.25) is 9.59 Å². The fourth-order valence-corrected chi connectivity index (χ4v) is 2.91. The molecular weight excluding hydrogens is 304 g/mol. The molecular formula is C19H24N2O3. The van der Waals surface area contributed by atoms with Crippen LogP contribution in [-0.2, 0) is 9.53 Å². The zero-order chi connectivity index (χ0) is 17.4. The fourth-order valence-electron chi connectivity index (χ4n) is 2.91. The molecule has 0 spiro atoms. The summed E-state index contributed by atoms with van der Waals surface area (Å²) in [6.07, 6.45) is 8.63. The Hall–Kier alpha value is -2.32. The van der Waals surface area contributed by atoms with E-state index < -0.39 is 0 Å². The minimum Gasteiger partial charge on any atom is -0.378 e. The van der Waals surface area contributed by atoms with Crippen LogP contribution in [0.1, 0.15) is 43.0 Å². The van der Waals surface area contributed by atoms with Crippen molar-refractivity contribution in [3.63, 3.8) is 0 Å². The molecule has 0 bridgehead atoms. The van der Waals surface area contributed by atoms with E-state index in [0.29, 0.717) is 30.2 Å². The van der Waals surface area contributed by atoms with Crippen LogP contribution in [0.4, 0.5) is 5.69 Å². The number of hydrogen-bond acceptors (Lipinski definition) is 3. The van der Waals surface area contributed by atoms with Gasteiger partial charge in [0.05, 0.1) is 23.9 Å². The number of ether oxygens (including phenoxy) is 1. The number of benzene rings is 1. The van der Waals surface area contributed by atoms with Gasteiger partial charge in [-0.1, -0.05) is 25.0 Å². The van der Waals surface area contributed by atoms with Gasteiger partial charge in [-0.15, -0.1) is 6.42 Å². The summed E-state index contributed by atoms with van der Waals surface area (Å²) in [4.78, 5) is 24.5. The Kier molecular flexibility index (Phi) is 6.83. The van der Waals surface area contributed by atoms with Gasteiger partial charge in [-0.2, -0.15) is 0 Å². The number of anilines is 1. The molecule has 0 aliphatic carbocycles. The number of para-hydroxylation sites is 1. The Labute approximate surface area is 143 Å². The Balaban J connectivity index is 1.96. The third kappa shape index (κ3) is 5.10. The molecule has 1 saturated heterocycles. The largest absolute Gasteiger partial charge is 0.378 e. The van der Waals surface area contributed by atoms with Gasteiger partial charge >= 0.3 is 0 Å². The SMILES string of the molecule is C#CCNC(=O)c1ccccc1NC(=O)C[C@@H]1CCO[C@H](CC)C1. The average molecular weight is 328 g/mol. The molecule has 2 amide bonds. The molecule has 1 aromatic carbocycles. The van der Waals surface area contributed by atoms with E-state index in [0.717, 1.165) is 19.3 Å². The summed E-state index contributed by atoms with van der Waals surface area (Å²) >= 11 is 0. The first-order chi connectivity index (χ1) is 11.6. The van der Waals surface area contributed by atoms with Crippen molar-refractivity contribution in [2.75, 3.05) is 18.5 Å². The summed E-state index contributed by atoms with van der Waals surface area (Å²) in [6, 6.07) is 6.93. The molecule has 2 N–H and O–H groups in total. The zero-order valence-electron chi connectivity index (χ0n) is 14.0. The summed E-state index contributed by atoms with van der Waals surface area (Å²) in [5, 5.41) is 5.47. The van der Waals surface area contributed by atoms with Crippen LogP contribution >= 0.6 is 0 Å². The number of terminal acetylenes is 1. The molecule has 5 heteroatoms. The molecule has 2 atom stereocenters. The maximum absolute atomic E-state index is 12.3. The van der Waals surface area contributed by atoms with Crippen LogP contribution in [0, 0.1) is 18.3 Å². The average Bonchev–Trinajstić information content (AvgIpc) is 2.60. The van der Waals surface area contributed by atoms with Gasteiger partial charge in [0.15, 0.2) is 0 Å². The first-order valence-corrected chi connectivity index (χ1v) is 8.36. The quantitative estimate of drug-likeness (QED) is 0.789. The molecule has 1 aromatic rings. The van der Waals surface area contributed by atoms with Gasteiger partial charge in [-0.25, -0.2) is 0 Å². The highest BCUT2D eigenvalue weighted by molar-refractivity contribution is 6.03. The highest BCUT2D eigenvalue weighted by atomic mass is 16.5. The van der Waals surface area contributed by atoms with Crippen molar-refractivity contribution >= 4 is 17.5 Å². The Bertz CT molecular complexity index is 621. The summed E-state index contributed by atoms with van der Waals surface area (Å²) in [5.74, 6) is 2.32. The van der Waals surface area contributed by atoms with Gasteiger partial charge in [-0.05, 0) is 37.3 Å². The van der Waals surface area contributed by atoms with E-state index in [-0.39, 0.29) is 24.5 Å². The number of rotatable bonds is 6. The van der Waals surface area contributed by atoms with Crippen molar-refractivity contribution < 1.29 is 14.3 Å². The molecule has 0 unspecified atom stereocenters. The van der Waals surface area contributed by atoms with Crippen molar-refractivity contribution in [2.45, 2.75) is 38.7 Å². The lowest BCUT2D eigenvalue weighted by Crippen LogP contribution is -2.29. The fraction of sp³-hybridized carbons (Fsp3) is 0.474. The molecule has 128 valence electrons. The Morgan fingerprint density at radius 1 is 1.38 bits per heavy atom. The van der Waals surface area contributed by atoms with Gasteiger partial charge in [0.1, 0.15) is 0 Å². The molecule has 2 rings (SSSR count). The monoisotopic (exact) mass is 328 g/mol. The van der Waals surface area contributed by atoms with Crippen molar-refractivity contribution in [3.05, 3.63) is 29.8 Å². The number of hydrogen-bond donors (Lipinski definition) is 2. The number of carbonyl (C=O) groups is 2. The zero-order valence-corrected chi connectivity index (χ0v) is 14.0. The van der Waals surface area contributed by atoms with Gasteiger partial charge in [0.2, 0.25) is 5.91 Å². The molecule has 5 nitrogen and oxygen atoms in total. The summed E-state index contributed by atoms with van der Waals surface area (Å²) in [6.45, 7) is 2.96. The normalized spacial score (nSPS) is 20.0. The van der Waals surface area contributed by atoms with Crippen LogP contribution in [-0.4, -0.2) is 31.1 Å². The Morgan fingerprint density at radius 2 is 2.17 bits per heavy atom. The van der Waals surface area contributed by atoms with Crippen LogP contribution in [0.2, 0.25) is 0 Å². The van der Waals surface area contributed by atoms with E-state index in [4.69, 9.17) is 11.2 Å². The standard InChI is InChI=1S/C19H24N2O3/c1-3-10-20-19(23)16-7-5-6-8-17(16)21-18(22)13-14-9-11-24-15(4-2)12-14/h1,5-8,14-15H,4,9-13H2,2H3,(H,20,23)(H,21,22)/t14-,15-/m1/s1. The van der Waals surface area contributed by atoms with Crippen molar-refractivity contribution in [2.24, 2.45) is 5.92 Å². The second-order valence-electron chi connectivity index (χ2n) is 5.98. The van der Waals surface area contributed by atoms with Crippen molar-refractivity contribution in [3.8, 4) is 12.3 Å². The first-order valence-electron chi connectivity index (χ1n) is 8.36. The molecule has 0 aromatic heterocycles. The van der Waals surface area contributed by atoms with E-state index >= 15 is 0 Å². The molecule has 1 aliphatic heterocycles. The highest BCUT2D eigenvalue weighted by Gasteiger charge is 2.24. The molecule has 1 aliphatic rings. The van der Waals surface area contributed by atoms with Crippen molar-refractivity contribution in [1.29, 1.82) is 0 Å². The lowest BCUT2D eigenvalue weighted by molar-refractivity contribution is -0.118. The van der Waals surface area contributed by atoms with E-state index in [9.17, 15) is 9.59 Å². The molecule has 24 heavy (non-hydrogen) atoms. The van der Waals surface area contributed by atoms with E-state index in [2.05, 4.69) is 23.5 Å². The summed E-state index contributed by atoms with van der Waals surface area (Å²) in [5.41, 5.74) is 0.927. The second kappa shape index (κ2) is 9.09. The van der Waals surface area contributed by atoms with Crippen LogP contribution in [0.25, 0.3) is 0 Å². The highest BCUT2D eigenvalue weighted by Crippen LogP contribution is 2.25. The predicted molar refractivity (Wildman–Crippen MR) is 93.6 cm³/mol. The van der Waals surface area contributed by atoms with Crippen LogP contribution in [0.5, 0.6) is 0 Å². The smallest absolute Gasteiger partial charge is 0.254 e. The molecule has 0 radical (unpaired) electrons. The van der Waals surface area contributed by atoms with E-state index in [1.807, 2.05) is 0 Å². The predicted octanol–water partition coefficient (Wildman–Crippen LogP) is 2.58. The van der Waals surface area contributed by atoms with Gasteiger partial charge in [0, 0.05) is 13.0 Å². The summed E-state index contributed by atoms with van der Waals surface area (Å²) < 4.78 is 5.64. The second-order valence-corrected chi connectivity index (χ2v) is 5.98. The Morgan fingerprint density at radius 3 is 2.92 bits per heavy atom. The lowest BCUT2D eigenvalue weighted by Gasteiger charge is -2.28. The van der Waals surface area contributed by atoms with Gasteiger partial charge < -0.3 is 15.4 Å². The van der Waals surface area contributed by atoms with Crippen LogP contribution in [0.15, 0.2) is 24.3 Å². The first kappa shape index (κ1) is 18.0. The summed E-state index contributed by atoms with van der Waals surface area (Å²) in [7, 11) is 0. The minimum absolute atomic E-state index is 0.0750. The maximum Gasteiger partial charge on any atom is 0.254 e. The number of carbonyl (C=O) groups excluding carboxylic acids is 2. The van der Waals surface area contributed by atoms with Gasteiger partial charge in [0.25, 0.3) is 5.91 Å². The topological polar surface area (TPSA) is 67.4 Å². The van der Waals surface area contributed by atoms with Crippen molar-refractivity contribution in [1.82, 2.24) is 5.32 Å². The van der Waals surface area contributed by atoms with Crippen LogP contribution in [0.3, 0.4) is 0 Å². The lowest BCUT2D eigenvalue weighted by atomic mass is 9.91. The van der Waals surface area contributed by atoms with E-state index in [1.54, 1.807) is 24.3 Å². The number of nitrogens with one attached hydrogen (secondary N) is 2. The van der Waals surface area contributed by atoms with E-state index in [1.165, 1.54) is 0 Å². The third-order valence-electron chi connectivity index (χ3n) is 4.20. The minimum atomic E-state index is -0.291. The molecule has 1 fully saturated rings. The molecule has 1 heterocycles. The number of amides is 2. The third-order valence-corrected chi connectivity index (χ3v) is 4.20.